The van der Waals surface area contributed by atoms with Gasteiger partial charge in [0.1, 0.15) is 17.3 Å². The molecule has 3 rings (SSSR count). The highest BCUT2D eigenvalue weighted by molar-refractivity contribution is 5.95. The molecule has 0 aliphatic rings. The second kappa shape index (κ2) is 8.54. The predicted molar refractivity (Wildman–Crippen MR) is 98.8 cm³/mol. The molecule has 0 aliphatic heterocycles. The Labute approximate surface area is 168 Å². The van der Waals surface area contributed by atoms with E-state index in [0.717, 1.165) is 12.1 Å². The number of halogens is 4. The van der Waals surface area contributed by atoms with E-state index in [2.05, 4.69) is 10.4 Å². The lowest BCUT2D eigenvalue weighted by atomic mass is 10.1. The zero-order valence-corrected chi connectivity index (χ0v) is 15.7. The Bertz CT molecular complexity index is 1050. The van der Waals surface area contributed by atoms with Crippen LogP contribution in [-0.4, -0.2) is 34.4 Å². The van der Waals surface area contributed by atoms with E-state index < -0.39 is 40.9 Å². The summed E-state index contributed by atoms with van der Waals surface area (Å²) in [5, 5.41) is 16.1. The Hall–Kier alpha value is -3.40. The summed E-state index contributed by atoms with van der Waals surface area (Å²) in [6.45, 7) is -0.374. The Morgan fingerprint density at radius 1 is 1.20 bits per heavy atom. The number of nitrogens with one attached hydrogen (secondary N) is 1. The van der Waals surface area contributed by atoms with Crippen molar-refractivity contribution in [3.05, 3.63) is 77.4 Å². The minimum absolute atomic E-state index is 0.334. The van der Waals surface area contributed by atoms with Gasteiger partial charge in [0.25, 0.3) is 5.91 Å². The van der Waals surface area contributed by atoms with Gasteiger partial charge in [0.2, 0.25) is 0 Å². The number of carbonyl (C=O) groups excluding carboxylic acids is 1. The number of amides is 1. The minimum Gasteiger partial charge on any atom is -0.496 e. The molecule has 3 aromatic rings. The van der Waals surface area contributed by atoms with Gasteiger partial charge in [-0.05, 0) is 18.2 Å². The number of hydrogen-bond acceptors (Lipinski definition) is 4. The predicted octanol–water partition coefficient (Wildman–Crippen LogP) is 3.50. The normalized spacial score (nSPS) is 12.5. The number of para-hydroxylation sites is 2. The highest BCUT2D eigenvalue weighted by atomic mass is 19.4. The SMILES string of the molecule is COc1ccccc1C(O)CNC(=O)c1cnn(-c2ccccc2F)c1C(F)(F)F. The lowest BCUT2D eigenvalue weighted by molar-refractivity contribution is -0.143. The first kappa shape index (κ1) is 21.3. The molecule has 0 fully saturated rings. The number of ether oxygens (including phenoxy) is 1. The third-order valence-electron chi connectivity index (χ3n) is 4.32. The molecule has 0 spiro atoms. The summed E-state index contributed by atoms with van der Waals surface area (Å²) < 4.78 is 60.4. The highest BCUT2D eigenvalue weighted by Crippen LogP contribution is 2.34. The molecule has 1 amide bonds. The number of rotatable bonds is 6. The molecule has 158 valence electrons. The molecule has 1 unspecified atom stereocenters. The number of methoxy groups -OCH3 is 1. The van der Waals surface area contributed by atoms with Crippen molar-refractivity contribution in [2.24, 2.45) is 0 Å². The Morgan fingerprint density at radius 2 is 1.87 bits per heavy atom. The smallest absolute Gasteiger partial charge is 0.434 e. The fourth-order valence-electron chi connectivity index (χ4n) is 2.93. The quantitative estimate of drug-likeness (QED) is 0.595. The largest absolute Gasteiger partial charge is 0.496 e. The zero-order valence-electron chi connectivity index (χ0n) is 15.7. The van der Waals surface area contributed by atoms with Gasteiger partial charge in [0, 0.05) is 12.1 Å². The van der Waals surface area contributed by atoms with Crippen LogP contribution in [0.2, 0.25) is 0 Å². The van der Waals surface area contributed by atoms with Gasteiger partial charge in [-0.1, -0.05) is 30.3 Å². The summed E-state index contributed by atoms with van der Waals surface area (Å²) in [5.41, 5.74) is -2.30. The van der Waals surface area contributed by atoms with Crippen molar-refractivity contribution in [3.8, 4) is 11.4 Å². The second-order valence-electron chi connectivity index (χ2n) is 6.24. The van der Waals surface area contributed by atoms with E-state index in [0.29, 0.717) is 22.2 Å². The lowest BCUT2D eigenvalue weighted by Gasteiger charge is -2.16. The van der Waals surface area contributed by atoms with Crippen molar-refractivity contribution >= 4 is 5.91 Å². The molecule has 1 heterocycles. The summed E-state index contributed by atoms with van der Waals surface area (Å²) in [4.78, 5) is 12.4. The molecule has 10 heteroatoms. The van der Waals surface area contributed by atoms with E-state index in [9.17, 15) is 27.5 Å². The van der Waals surface area contributed by atoms with E-state index in [1.807, 2.05) is 0 Å². The highest BCUT2D eigenvalue weighted by Gasteiger charge is 2.41. The van der Waals surface area contributed by atoms with Crippen molar-refractivity contribution < 1.29 is 32.2 Å². The van der Waals surface area contributed by atoms with Crippen LogP contribution < -0.4 is 10.1 Å². The van der Waals surface area contributed by atoms with Crippen molar-refractivity contribution in [2.45, 2.75) is 12.3 Å². The molecule has 0 saturated heterocycles. The second-order valence-corrected chi connectivity index (χ2v) is 6.24. The molecule has 30 heavy (non-hydrogen) atoms. The molecule has 1 aromatic heterocycles. The molecule has 2 N–H and O–H groups in total. The molecule has 2 aromatic carbocycles. The van der Waals surface area contributed by atoms with Gasteiger partial charge in [0.05, 0.1) is 25.0 Å². The number of benzene rings is 2. The summed E-state index contributed by atoms with van der Waals surface area (Å²) in [7, 11) is 1.40. The zero-order chi connectivity index (χ0) is 21.9. The first-order chi connectivity index (χ1) is 14.2. The van der Waals surface area contributed by atoms with Crippen LogP contribution in [0.3, 0.4) is 0 Å². The van der Waals surface area contributed by atoms with Crippen LogP contribution in [0, 0.1) is 5.82 Å². The number of alkyl halides is 3. The number of hydrogen-bond donors (Lipinski definition) is 2. The van der Waals surface area contributed by atoms with Crippen molar-refractivity contribution in [2.75, 3.05) is 13.7 Å². The number of aromatic nitrogens is 2. The van der Waals surface area contributed by atoms with Gasteiger partial charge < -0.3 is 15.2 Å². The van der Waals surface area contributed by atoms with Crippen LogP contribution in [0.25, 0.3) is 5.69 Å². The molecule has 0 radical (unpaired) electrons. The van der Waals surface area contributed by atoms with Gasteiger partial charge in [-0.2, -0.15) is 18.3 Å². The molecular formula is C20H17F4N3O3. The van der Waals surface area contributed by atoms with Crippen LogP contribution in [0.5, 0.6) is 5.75 Å². The Balaban J connectivity index is 1.87. The standard InChI is InChI=1S/C20H17F4N3O3/c1-30-17-9-5-2-6-12(17)16(28)11-25-19(29)13-10-26-27(18(13)20(22,23)24)15-8-4-3-7-14(15)21/h2-10,16,28H,11H2,1H3,(H,25,29). The fraction of sp³-hybridized carbons (Fsp3) is 0.200. The van der Waals surface area contributed by atoms with E-state index >= 15 is 0 Å². The number of nitrogens with zero attached hydrogens (tertiary/aromatic N) is 2. The van der Waals surface area contributed by atoms with Crippen LogP contribution in [0.15, 0.2) is 54.7 Å². The third kappa shape index (κ3) is 4.28. The van der Waals surface area contributed by atoms with E-state index in [-0.39, 0.29) is 6.54 Å². The lowest BCUT2D eigenvalue weighted by Crippen LogP contribution is -2.30. The van der Waals surface area contributed by atoms with Crippen LogP contribution in [0.4, 0.5) is 17.6 Å². The first-order valence-corrected chi connectivity index (χ1v) is 8.73. The van der Waals surface area contributed by atoms with Gasteiger partial charge in [-0.15, -0.1) is 0 Å². The van der Waals surface area contributed by atoms with Crippen LogP contribution in [-0.2, 0) is 6.18 Å². The van der Waals surface area contributed by atoms with Crippen LogP contribution in [0.1, 0.15) is 27.7 Å². The van der Waals surface area contributed by atoms with Crippen molar-refractivity contribution in [3.63, 3.8) is 0 Å². The molecule has 6 nitrogen and oxygen atoms in total. The topological polar surface area (TPSA) is 76.4 Å². The molecular weight excluding hydrogens is 406 g/mol. The molecule has 0 bridgehead atoms. The molecule has 0 saturated carbocycles. The summed E-state index contributed by atoms with van der Waals surface area (Å²) in [6.07, 6.45) is -5.49. The van der Waals surface area contributed by atoms with E-state index in [1.165, 1.54) is 19.2 Å². The van der Waals surface area contributed by atoms with Gasteiger partial charge in [0.15, 0.2) is 5.69 Å². The first-order valence-electron chi connectivity index (χ1n) is 8.73. The summed E-state index contributed by atoms with van der Waals surface area (Å²) in [5.74, 6) is -1.67. The minimum atomic E-state index is -4.98. The van der Waals surface area contributed by atoms with Crippen molar-refractivity contribution in [1.82, 2.24) is 15.1 Å². The monoisotopic (exact) mass is 423 g/mol. The Morgan fingerprint density at radius 3 is 2.53 bits per heavy atom. The van der Waals surface area contributed by atoms with E-state index in [4.69, 9.17) is 4.74 Å². The maximum atomic E-state index is 14.0. The van der Waals surface area contributed by atoms with Crippen molar-refractivity contribution in [1.29, 1.82) is 0 Å². The number of aliphatic hydroxyl groups excluding tert-OH is 1. The van der Waals surface area contributed by atoms with Gasteiger partial charge in [-0.25, -0.2) is 9.07 Å². The summed E-state index contributed by atoms with van der Waals surface area (Å²) in [6, 6.07) is 11.3. The fourth-order valence-corrected chi connectivity index (χ4v) is 2.93. The maximum absolute atomic E-state index is 14.0. The summed E-state index contributed by atoms with van der Waals surface area (Å²) >= 11 is 0. The van der Waals surface area contributed by atoms with Gasteiger partial charge >= 0.3 is 6.18 Å². The average molecular weight is 423 g/mol. The number of aliphatic hydroxyl groups is 1. The third-order valence-corrected chi connectivity index (χ3v) is 4.32. The van der Waals surface area contributed by atoms with E-state index in [1.54, 1.807) is 24.3 Å². The van der Waals surface area contributed by atoms with Gasteiger partial charge in [-0.3, -0.25) is 4.79 Å². The Kier molecular flexibility index (Phi) is 6.06. The maximum Gasteiger partial charge on any atom is 0.434 e. The number of carbonyl (C=O) groups is 1. The van der Waals surface area contributed by atoms with Crippen LogP contribution >= 0.6 is 0 Å². The molecule has 1 atom stereocenters. The molecule has 0 aliphatic carbocycles. The average Bonchev–Trinajstić information content (AvgIpc) is 3.17.